The lowest BCUT2D eigenvalue weighted by Crippen LogP contribution is -2.53. The quantitative estimate of drug-likeness (QED) is 0.658. The molecule has 8 heteroatoms. The van der Waals surface area contributed by atoms with Gasteiger partial charge in [-0.1, -0.05) is 12.1 Å². The third-order valence-corrected chi connectivity index (χ3v) is 5.25. The number of hydrogen-bond donors (Lipinski definition) is 3. The fourth-order valence-electron chi connectivity index (χ4n) is 3.57. The molecular formula is C19H25N5O3. The Hall–Kier alpha value is -2.29. The van der Waals surface area contributed by atoms with Crippen molar-refractivity contribution >= 4 is 16.8 Å². The van der Waals surface area contributed by atoms with E-state index in [2.05, 4.69) is 20.2 Å². The summed E-state index contributed by atoms with van der Waals surface area (Å²) in [6, 6.07) is 7.30. The maximum Gasteiger partial charge on any atom is 0.258 e. The van der Waals surface area contributed by atoms with E-state index in [1.54, 1.807) is 6.07 Å². The van der Waals surface area contributed by atoms with Crippen LogP contribution in [0.2, 0.25) is 0 Å². The molecule has 2 aromatic rings. The topological polar surface area (TPSA) is 113 Å². The van der Waals surface area contributed by atoms with Gasteiger partial charge in [0.15, 0.2) is 0 Å². The van der Waals surface area contributed by atoms with E-state index in [-0.39, 0.29) is 17.5 Å². The first-order chi connectivity index (χ1) is 13.1. The van der Waals surface area contributed by atoms with Gasteiger partial charge in [-0.2, -0.15) is 0 Å². The Morgan fingerprint density at radius 1 is 1.41 bits per heavy atom. The van der Waals surface area contributed by atoms with Crippen molar-refractivity contribution in [3.05, 3.63) is 40.4 Å². The molecule has 1 aliphatic carbocycles. The van der Waals surface area contributed by atoms with E-state index in [0.29, 0.717) is 55.4 Å². The summed E-state index contributed by atoms with van der Waals surface area (Å²) in [7, 11) is 0. The molecule has 2 aliphatic rings. The van der Waals surface area contributed by atoms with E-state index in [4.69, 9.17) is 10.5 Å². The minimum Gasteiger partial charge on any atom is -0.366 e. The fourth-order valence-corrected chi connectivity index (χ4v) is 3.57. The van der Waals surface area contributed by atoms with Gasteiger partial charge in [-0.3, -0.25) is 14.5 Å². The number of carbonyl (C=O) groups is 1. The summed E-state index contributed by atoms with van der Waals surface area (Å²) in [6.07, 6.45) is 1.72. The Bertz CT molecular complexity index is 879. The van der Waals surface area contributed by atoms with Crippen LogP contribution in [0.4, 0.5) is 0 Å². The molecule has 4 N–H and O–H groups in total. The van der Waals surface area contributed by atoms with Gasteiger partial charge in [-0.25, -0.2) is 4.98 Å². The summed E-state index contributed by atoms with van der Waals surface area (Å²) in [5, 5.41) is 3.60. The molecule has 1 aliphatic heterocycles. The van der Waals surface area contributed by atoms with Crippen LogP contribution in [0, 0.1) is 5.92 Å². The van der Waals surface area contributed by atoms with Crippen LogP contribution in [0.15, 0.2) is 29.1 Å². The molecule has 0 spiro atoms. The number of rotatable bonds is 6. The molecular weight excluding hydrogens is 346 g/mol. The van der Waals surface area contributed by atoms with Gasteiger partial charge < -0.3 is 20.8 Å². The van der Waals surface area contributed by atoms with Gasteiger partial charge in [0.1, 0.15) is 11.9 Å². The Morgan fingerprint density at radius 3 is 3.00 bits per heavy atom. The van der Waals surface area contributed by atoms with E-state index in [1.165, 1.54) is 0 Å². The van der Waals surface area contributed by atoms with Crippen LogP contribution in [-0.2, 0) is 16.1 Å². The van der Waals surface area contributed by atoms with E-state index in [0.717, 1.165) is 12.8 Å². The van der Waals surface area contributed by atoms with Gasteiger partial charge in [0.2, 0.25) is 0 Å². The lowest BCUT2D eigenvalue weighted by Gasteiger charge is -2.32. The maximum atomic E-state index is 12.5. The summed E-state index contributed by atoms with van der Waals surface area (Å²) >= 11 is 0. The largest absolute Gasteiger partial charge is 0.366 e. The van der Waals surface area contributed by atoms with Crippen LogP contribution >= 0.6 is 0 Å². The Labute approximate surface area is 157 Å². The number of carbonyl (C=O) groups excluding carboxylic acids is 1. The number of H-pyrrole nitrogens is 1. The van der Waals surface area contributed by atoms with Crippen molar-refractivity contribution in [1.29, 1.82) is 0 Å². The molecule has 2 fully saturated rings. The molecule has 0 radical (unpaired) electrons. The van der Waals surface area contributed by atoms with Crippen LogP contribution in [0.5, 0.6) is 0 Å². The van der Waals surface area contributed by atoms with Crippen LogP contribution < -0.4 is 16.6 Å². The summed E-state index contributed by atoms with van der Waals surface area (Å²) in [5.74, 6) is 0.991. The smallest absolute Gasteiger partial charge is 0.258 e. The second kappa shape index (κ2) is 7.75. The number of morpholine rings is 1. The number of aromatic amines is 1. The second-order valence-electron chi connectivity index (χ2n) is 7.31. The number of nitrogens with two attached hydrogens (primary N) is 1. The Balaban J connectivity index is 1.41. The van der Waals surface area contributed by atoms with Crippen LogP contribution in [-0.4, -0.2) is 59.2 Å². The Kier molecular flexibility index (Phi) is 5.20. The number of benzene rings is 1. The zero-order valence-corrected chi connectivity index (χ0v) is 15.2. The van der Waals surface area contributed by atoms with E-state index in [1.807, 2.05) is 18.2 Å². The van der Waals surface area contributed by atoms with Crippen LogP contribution in [0.25, 0.3) is 10.9 Å². The zero-order valence-electron chi connectivity index (χ0n) is 15.2. The van der Waals surface area contributed by atoms with E-state index >= 15 is 0 Å². The molecule has 1 saturated carbocycles. The molecule has 1 amide bonds. The number of fused-ring (bicyclic) bond motifs is 1. The third kappa shape index (κ3) is 4.18. The van der Waals surface area contributed by atoms with Crippen molar-refractivity contribution in [2.24, 2.45) is 11.7 Å². The van der Waals surface area contributed by atoms with Gasteiger partial charge in [-0.15, -0.1) is 0 Å². The van der Waals surface area contributed by atoms with E-state index < -0.39 is 6.10 Å². The highest BCUT2D eigenvalue weighted by Crippen LogP contribution is 2.32. The molecule has 1 aromatic heterocycles. The summed E-state index contributed by atoms with van der Waals surface area (Å²) in [4.78, 5) is 34.2. The standard InChI is InChI=1S/C19H25N5O3/c20-9-15(12-5-6-12)22-19(26)16-10-24(7-8-27-16)11-17-21-14-4-2-1-3-13(14)18(25)23-17/h1-4,12,15-16H,5-11,20H2,(H,22,26)(H,21,23,25). The van der Waals surface area contributed by atoms with Gasteiger partial charge in [0, 0.05) is 25.7 Å². The molecule has 0 bridgehead atoms. The summed E-state index contributed by atoms with van der Waals surface area (Å²) in [6.45, 7) is 2.53. The van der Waals surface area contributed by atoms with Crippen molar-refractivity contribution in [1.82, 2.24) is 20.2 Å². The molecule has 2 heterocycles. The average Bonchev–Trinajstić information content (AvgIpc) is 3.51. The Morgan fingerprint density at radius 2 is 2.22 bits per heavy atom. The molecule has 1 saturated heterocycles. The van der Waals surface area contributed by atoms with Crippen molar-refractivity contribution in [3.63, 3.8) is 0 Å². The predicted octanol–water partition coefficient (Wildman–Crippen LogP) is -0.0226. The minimum atomic E-state index is -0.529. The van der Waals surface area contributed by atoms with Gasteiger partial charge >= 0.3 is 0 Å². The molecule has 2 atom stereocenters. The first-order valence-corrected chi connectivity index (χ1v) is 9.46. The van der Waals surface area contributed by atoms with Gasteiger partial charge in [0.05, 0.1) is 24.1 Å². The highest BCUT2D eigenvalue weighted by Gasteiger charge is 2.34. The summed E-state index contributed by atoms with van der Waals surface area (Å²) < 4.78 is 5.66. The molecule has 2 unspecified atom stereocenters. The molecule has 1 aromatic carbocycles. The van der Waals surface area contributed by atoms with Gasteiger partial charge in [0.25, 0.3) is 11.5 Å². The number of nitrogens with zero attached hydrogens (tertiary/aromatic N) is 2. The maximum absolute atomic E-state index is 12.5. The number of amides is 1. The van der Waals surface area contributed by atoms with E-state index in [9.17, 15) is 9.59 Å². The number of hydrogen-bond acceptors (Lipinski definition) is 6. The average molecular weight is 371 g/mol. The minimum absolute atomic E-state index is 0.0370. The lowest BCUT2D eigenvalue weighted by atomic mass is 10.1. The number of nitrogens with one attached hydrogen (secondary N) is 2. The molecule has 144 valence electrons. The molecule has 27 heavy (non-hydrogen) atoms. The predicted molar refractivity (Wildman–Crippen MR) is 101 cm³/mol. The SMILES string of the molecule is NCC(NC(=O)C1CN(Cc2nc3ccccc3c(=O)[nH]2)CCO1)C1CC1. The normalized spacial score (nSPS) is 21.9. The summed E-state index contributed by atoms with van der Waals surface area (Å²) in [5.41, 5.74) is 6.30. The van der Waals surface area contributed by atoms with Crippen molar-refractivity contribution < 1.29 is 9.53 Å². The third-order valence-electron chi connectivity index (χ3n) is 5.25. The monoisotopic (exact) mass is 371 g/mol. The first kappa shape index (κ1) is 18.1. The second-order valence-corrected chi connectivity index (χ2v) is 7.31. The van der Waals surface area contributed by atoms with Crippen molar-refractivity contribution in [2.75, 3.05) is 26.2 Å². The number of ether oxygens (including phenoxy) is 1. The zero-order chi connectivity index (χ0) is 18.8. The molecule has 4 rings (SSSR count). The van der Waals surface area contributed by atoms with Crippen LogP contribution in [0.3, 0.4) is 0 Å². The highest BCUT2D eigenvalue weighted by atomic mass is 16.5. The van der Waals surface area contributed by atoms with Crippen LogP contribution in [0.1, 0.15) is 18.7 Å². The lowest BCUT2D eigenvalue weighted by molar-refractivity contribution is -0.139. The molecule has 8 nitrogen and oxygen atoms in total. The fraction of sp³-hybridized carbons (Fsp3) is 0.526. The van der Waals surface area contributed by atoms with Gasteiger partial charge in [-0.05, 0) is 30.9 Å². The number of aromatic nitrogens is 2. The van der Waals surface area contributed by atoms with Crippen molar-refractivity contribution in [3.8, 4) is 0 Å². The highest BCUT2D eigenvalue weighted by molar-refractivity contribution is 5.81. The van der Waals surface area contributed by atoms with Crippen molar-refractivity contribution in [2.45, 2.75) is 31.5 Å². The first-order valence-electron chi connectivity index (χ1n) is 9.46. The number of para-hydroxylation sites is 1.